The summed E-state index contributed by atoms with van der Waals surface area (Å²) < 4.78 is 1.42. The fourth-order valence-corrected chi connectivity index (χ4v) is 2.80. The third-order valence-corrected chi connectivity index (χ3v) is 3.99. The number of carbonyl (C=O) groups is 1. The average Bonchev–Trinajstić information content (AvgIpc) is 2.18. The van der Waals surface area contributed by atoms with Crippen molar-refractivity contribution in [3.8, 4) is 0 Å². The normalized spacial score (nSPS) is 12.2. The fraction of sp³-hybridized carbons (Fsp3) is 0.417. The standard InChI is InChI=1S/C12H17NOSe/c1-4-15-12-7-5-11(6-8-12)9(2)13-10(3)14/h5-9H,4H2,1-3H3,(H,13,14)/t9-/m0/s1. The summed E-state index contributed by atoms with van der Waals surface area (Å²) in [6.07, 6.45) is 0. The van der Waals surface area contributed by atoms with Gasteiger partial charge in [0.15, 0.2) is 0 Å². The van der Waals surface area contributed by atoms with Crippen molar-refractivity contribution in [3.05, 3.63) is 29.8 Å². The first-order chi connectivity index (χ1) is 7.13. The van der Waals surface area contributed by atoms with Gasteiger partial charge in [-0.15, -0.1) is 0 Å². The van der Waals surface area contributed by atoms with Gasteiger partial charge in [-0.2, -0.15) is 0 Å². The monoisotopic (exact) mass is 271 g/mol. The van der Waals surface area contributed by atoms with Crippen LogP contribution in [0.2, 0.25) is 5.32 Å². The molecule has 2 nitrogen and oxygen atoms in total. The predicted octanol–water partition coefficient (Wildman–Crippen LogP) is 1.65. The number of amides is 1. The first-order valence-electron chi connectivity index (χ1n) is 5.13. The van der Waals surface area contributed by atoms with Crippen LogP contribution in [0.1, 0.15) is 32.4 Å². The van der Waals surface area contributed by atoms with E-state index >= 15 is 0 Å². The number of rotatable bonds is 4. The third kappa shape index (κ3) is 4.06. The van der Waals surface area contributed by atoms with Crippen LogP contribution >= 0.6 is 0 Å². The Morgan fingerprint density at radius 3 is 2.47 bits per heavy atom. The molecule has 0 unspecified atom stereocenters. The van der Waals surface area contributed by atoms with Crippen molar-refractivity contribution < 1.29 is 4.79 Å². The molecule has 1 N–H and O–H groups in total. The van der Waals surface area contributed by atoms with Crippen LogP contribution in [0, 0.1) is 0 Å². The number of nitrogens with one attached hydrogen (secondary N) is 1. The van der Waals surface area contributed by atoms with Crippen molar-refractivity contribution in [2.24, 2.45) is 0 Å². The maximum atomic E-state index is 10.9. The van der Waals surface area contributed by atoms with Gasteiger partial charge in [0, 0.05) is 0 Å². The molecule has 0 aliphatic heterocycles. The maximum absolute atomic E-state index is 10.9. The Balaban J connectivity index is 2.66. The van der Waals surface area contributed by atoms with Crippen LogP contribution < -0.4 is 9.78 Å². The number of benzene rings is 1. The van der Waals surface area contributed by atoms with E-state index in [1.165, 1.54) is 15.3 Å². The molecule has 0 aromatic heterocycles. The molecular weight excluding hydrogens is 253 g/mol. The third-order valence-electron chi connectivity index (χ3n) is 2.11. The molecule has 0 bridgehead atoms. The molecule has 3 heteroatoms. The van der Waals surface area contributed by atoms with Crippen LogP contribution in [0.25, 0.3) is 0 Å². The number of hydrogen-bond acceptors (Lipinski definition) is 1. The van der Waals surface area contributed by atoms with E-state index in [4.69, 9.17) is 0 Å². The van der Waals surface area contributed by atoms with E-state index in [0.29, 0.717) is 15.0 Å². The first-order valence-corrected chi connectivity index (χ1v) is 7.20. The van der Waals surface area contributed by atoms with Crippen molar-refractivity contribution in [2.75, 3.05) is 0 Å². The summed E-state index contributed by atoms with van der Waals surface area (Å²) in [6, 6.07) is 8.64. The van der Waals surface area contributed by atoms with Gasteiger partial charge in [-0.3, -0.25) is 0 Å². The molecule has 0 saturated carbocycles. The van der Waals surface area contributed by atoms with Crippen molar-refractivity contribution >= 4 is 25.3 Å². The van der Waals surface area contributed by atoms with Crippen LogP contribution in [0.4, 0.5) is 0 Å². The van der Waals surface area contributed by atoms with E-state index in [0.717, 1.165) is 0 Å². The summed E-state index contributed by atoms with van der Waals surface area (Å²) in [5, 5.41) is 4.11. The summed E-state index contributed by atoms with van der Waals surface area (Å²) in [6.45, 7) is 5.75. The summed E-state index contributed by atoms with van der Waals surface area (Å²) >= 11 is 0.593. The van der Waals surface area contributed by atoms with Crippen molar-refractivity contribution in [2.45, 2.75) is 32.1 Å². The molecule has 0 fully saturated rings. The number of hydrogen-bond donors (Lipinski definition) is 1. The molecule has 1 atom stereocenters. The van der Waals surface area contributed by atoms with E-state index in [-0.39, 0.29) is 11.9 Å². The predicted molar refractivity (Wildman–Crippen MR) is 64.5 cm³/mol. The average molecular weight is 270 g/mol. The van der Waals surface area contributed by atoms with E-state index in [2.05, 4.69) is 36.5 Å². The molecule has 1 amide bonds. The second-order valence-corrected chi connectivity index (χ2v) is 6.23. The molecule has 1 rings (SSSR count). The Labute approximate surface area is 97.6 Å². The zero-order valence-electron chi connectivity index (χ0n) is 9.41. The van der Waals surface area contributed by atoms with Gasteiger partial charge in [-0.25, -0.2) is 0 Å². The van der Waals surface area contributed by atoms with Gasteiger partial charge in [0.25, 0.3) is 0 Å². The summed E-state index contributed by atoms with van der Waals surface area (Å²) in [5.41, 5.74) is 1.17. The van der Waals surface area contributed by atoms with Crippen LogP contribution in [0.15, 0.2) is 24.3 Å². The Morgan fingerprint density at radius 2 is 2.00 bits per heavy atom. The molecule has 0 saturated heterocycles. The molecule has 1 aromatic carbocycles. The van der Waals surface area contributed by atoms with Gasteiger partial charge in [-0.05, 0) is 0 Å². The minimum absolute atomic E-state index is 0.0179. The molecular formula is C12H17NOSe. The van der Waals surface area contributed by atoms with Crippen molar-refractivity contribution in [1.82, 2.24) is 5.32 Å². The quantitative estimate of drug-likeness (QED) is 0.828. The van der Waals surface area contributed by atoms with Crippen LogP contribution in [0.5, 0.6) is 0 Å². The Morgan fingerprint density at radius 1 is 1.40 bits per heavy atom. The number of carbonyl (C=O) groups excluding carboxylic acids is 1. The van der Waals surface area contributed by atoms with Gasteiger partial charge in [-0.1, -0.05) is 0 Å². The first kappa shape index (κ1) is 12.3. The summed E-state index contributed by atoms with van der Waals surface area (Å²) in [5.74, 6) is 0.0179. The zero-order valence-corrected chi connectivity index (χ0v) is 11.1. The molecule has 82 valence electrons. The molecule has 0 spiro atoms. The van der Waals surface area contributed by atoms with E-state index in [1.807, 2.05) is 6.92 Å². The molecule has 0 heterocycles. The Bertz CT molecular complexity index is 321. The van der Waals surface area contributed by atoms with E-state index in [9.17, 15) is 4.79 Å². The van der Waals surface area contributed by atoms with E-state index < -0.39 is 0 Å². The van der Waals surface area contributed by atoms with Crippen LogP contribution in [-0.2, 0) is 4.79 Å². The Kier molecular flexibility index (Phi) is 4.86. The molecule has 15 heavy (non-hydrogen) atoms. The second kappa shape index (κ2) is 5.94. The summed E-state index contributed by atoms with van der Waals surface area (Å²) in [7, 11) is 0. The van der Waals surface area contributed by atoms with Crippen molar-refractivity contribution in [3.63, 3.8) is 0 Å². The minimum atomic E-state index is 0.0179. The Hall–Kier alpha value is -0.791. The van der Waals surface area contributed by atoms with Gasteiger partial charge >= 0.3 is 97.4 Å². The van der Waals surface area contributed by atoms with E-state index in [1.54, 1.807) is 6.92 Å². The molecule has 0 aliphatic rings. The SMILES string of the molecule is CC[Se]c1ccc([C@H](C)NC(C)=O)cc1. The van der Waals surface area contributed by atoms with Crippen LogP contribution in [0.3, 0.4) is 0 Å². The van der Waals surface area contributed by atoms with Crippen molar-refractivity contribution in [1.29, 1.82) is 0 Å². The molecule has 0 radical (unpaired) electrons. The molecule has 0 aliphatic carbocycles. The summed E-state index contributed by atoms with van der Waals surface area (Å²) in [4.78, 5) is 10.9. The fourth-order valence-electron chi connectivity index (χ4n) is 1.41. The topological polar surface area (TPSA) is 29.1 Å². The van der Waals surface area contributed by atoms with Gasteiger partial charge < -0.3 is 0 Å². The zero-order chi connectivity index (χ0) is 11.3. The van der Waals surface area contributed by atoms with Crippen LogP contribution in [-0.4, -0.2) is 20.9 Å². The molecule has 1 aromatic rings. The van der Waals surface area contributed by atoms with Gasteiger partial charge in [0.1, 0.15) is 0 Å². The van der Waals surface area contributed by atoms with Gasteiger partial charge in [0.05, 0.1) is 0 Å². The van der Waals surface area contributed by atoms with Gasteiger partial charge in [0.2, 0.25) is 0 Å². The second-order valence-electron chi connectivity index (χ2n) is 3.42.